The number of hydrogen-bond acceptors (Lipinski definition) is 10. The molecule has 0 N–H and O–H groups in total. The van der Waals surface area contributed by atoms with Gasteiger partial charge >= 0.3 is 0 Å². The van der Waals surface area contributed by atoms with Crippen molar-refractivity contribution in [2.45, 2.75) is 0 Å². The van der Waals surface area contributed by atoms with Crippen molar-refractivity contribution in [1.82, 2.24) is 49.8 Å². The number of pyridine rings is 10. The van der Waals surface area contributed by atoms with Crippen molar-refractivity contribution in [2.24, 2.45) is 0 Å². The molecule has 10 aromatic heterocycles. The zero-order valence-electron chi connectivity index (χ0n) is 54.6. The molecule has 21 aromatic rings. The molecule has 0 bridgehead atoms. The smallest absolute Gasteiger partial charge is 0.0972 e. The van der Waals surface area contributed by atoms with E-state index in [4.69, 9.17) is 24.9 Å². The number of aromatic nitrogens is 10. The molecule has 11 aromatic carbocycles. The Morgan fingerprint density at radius 2 is 0.461 bits per heavy atom. The van der Waals surface area contributed by atoms with Gasteiger partial charge in [-0.2, -0.15) is 0 Å². The normalized spacial score (nSPS) is 11.7. The molecule has 0 radical (unpaired) electrons. The van der Waals surface area contributed by atoms with Gasteiger partial charge in [0.2, 0.25) is 0 Å². The summed E-state index contributed by atoms with van der Waals surface area (Å²) in [5, 5.41) is 15.7. The van der Waals surface area contributed by atoms with Crippen LogP contribution in [0.5, 0.6) is 0 Å². The van der Waals surface area contributed by atoms with Crippen LogP contribution >= 0.6 is 0 Å². The fraction of sp³-hybridized carbons (Fsp3) is 0. The molecule has 10 heterocycles. The van der Waals surface area contributed by atoms with Crippen molar-refractivity contribution in [3.63, 3.8) is 0 Å². The predicted molar refractivity (Wildman–Crippen MR) is 419 cm³/mol. The van der Waals surface area contributed by atoms with Gasteiger partial charge in [-0.25, -0.2) is 24.9 Å². The molecule has 0 spiro atoms. The SMILES string of the molecule is c1ccc2c(c1)cc(-c1ccc3cc(-c4ccc5nc(-c6cc7cccnc7c7ncccc67)ccc5c4)ccc3n1)c1ccccc12.c1cnc2c(c1)ccc1ccc(-c3ccc(-c4ccc5cc(-c6ccc7nc(-c8cc9cccnc9c9ncccc89)ccc7c6)ccc5n4)cc3)nc12. The fourth-order valence-corrected chi connectivity index (χ4v) is 14.8. The Morgan fingerprint density at radius 3 is 0.941 bits per heavy atom. The van der Waals surface area contributed by atoms with Crippen molar-refractivity contribution in [3.05, 3.63) is 328 Å². The second-order valence-corrected chi connectivity index (χ2v) is 25.9. The first-order valence-corrected chi connectivity index (χ1v) is 34.0. The van der Waals surface area contributed by atoms with Crippen LogP contribution in [0.25, 0.3) is 209 Å². The molecular formula is C92H54N10. The van der Waals surface area contributed by atoms with Gasteiger partial charge in [0.15, 0.2) is 0 Å². The molecule has 0 saturated carbocycles. The van der Waals surface area contributed by atoms with Gasteiger partial charge in [-0.3, -0.25) is 24.9 Å². The number of fused-ring (bicyclic) bond motifs is 16. The van der Waals surface area contributed by atoms with Crippen molar-refractivity contribution >= 4 is 131 Å². The van der Waals surface area contributed by atoms with Gasteiger partial charge in [0, 0.05) is 113 Å². The summed E-state index contributed by atoms with van der Waals surface area (Å²) in [5.41, 5.74) is 23.9. The second kappa shape index (κ2) is 23.9. The molecule has 0 aliphatic carbocycles. The Balaban J connectivity index is 0.000000138. The molecule has 472 valence electrons. The van der Waals surface area contributed by atoms with E-state index in [9.17, 15) is 0 Å². The molecule has 102 heavy (non-hydrogen) atoms. The van der Waals surface area contributed by atoms with Crippen LogP contribution in [0, 0.1) is 0 Å². The highest BCUT2D eigenvalue weighted by molar-refractivity contribution is 6.15. The predicted octanol–water partition coefficient (Wildman–Crippen LogP) is 22.8. The maximum Gasteiger partial charge on any atom is 0.0972 e. The highest BCUT2D eigenvalue weighted by atomic mass is 14.8. The molecule has 0 saturated heterocycles. The monoisotopic (exact) mass is 1300 g/mol. The lowest BCUT2D eigenvalue weighted by Crippen LogP contribution is -1.91. The first-order chi connectivity index (χ1) is 50.5. The van der Waals surface area contributed by atoms with Crippen LogP contribution < -0.4 is 0 Å². The molecule has 10 heteroatoms. The van der Waals surface area contributed by atoms with Crippen LogP contribution in [0.2, 0.25) is 0 Å². The van der Waals surface area contributed by atoms with Crippen LogP contribution in [0.3, 0.4) is 0 Å². The van der Waals surface area contributed by atoms with E-state index in [-0.39, 0.29) is 0 Å². The zero-order valence-corrected chi connectivity index (χ0v) is 54.6. The number of nitrogens with zero attached hydrogens (tertiary/aromatic N) is 10. The van der Waals surface area contributed by atoms with Gasteiger partial charge in [-0.1, -0.05) is 170 Å². The Hall–Kier alpha value is -14.0. The minimum absolute atomic E-state index is 0.889. The molecule has 0 aliphatic heterocycles. The molecule has 10 nitrogen and oxygen atoms in total. The van der Waals surface area contributed by atoms with E-state index in [1.54, 1.807) is 0 Å². The first-order valence-electron chi connectivity index (χ1n) is 34.0. The average molecular weight is 1300 g/mol. The first kappa shape index (κ1) is 58.2. The number of rotatable bonds is 7. The lowest BCUT2D eigenvalue weighted by molar-refractivity contribution is 1.36. The van der Waals surface area contributed by atoms with Gasteiger partial charge in [-0.05, 0) is 171 Å². The molecule has 0 aliphatic rings. The minimum Gasteiger partial charge on any atom is -0.254 e. The Bertz CT molecular complexity index is 6840. The van der Waals surface area contributed by atoms with Crippen LogP contribution in [-0.2, 0) is 0 Å². The fourth-order valence-electron chi connectivity index (χ4n) is 14.8. The van der Waals surface area contributed by atoms with E-state index >= 15 is 0 Å². The standard InChI is InChI=1S/C48H28N6.C44H26N4/c1-4-31-11-12-32-13-18-41(54-47(32)45(31)49-23-1)30-9-7-29(8-10-30)40-21-16-35-26-33(14-19-42(35)52-40)34-15-20-43-36(27-34)17-22-44(53-43)39-28-37-5-2-24-50-46(37)48-38(39)6-3-25-51-48;1-2-9-33-29(7-1)25-37(35-11-4-3-10-34(33)35)41-19-15-30-23-27(13-17-39(30)47-41)28-14-18-40-31(24-28)16-20-42(48-40)38-26-32-8-5-21-45-43(32)44-36(38)12-6-22-46-44/h1-28H;1-26H. The summed E-state index contributed by atoms with van der Waals surface area (Å²) in [7, 11) is 0. The van der Waals surface area contributed by atoms with E-state index in [0.717, 1.165) is 188 Å². The van der Waals surface area contributed by atoms with Crippen LogP contribution in [0.15, 0.2) is 328 Å². The van der Waals surface area contributed by atoms with E-state index in [1.165, 1.54) is 21.5 Å². The average Bonchev–Trinajstić information content (AvgIpc) is 0.766. The van der Waals surface area contributed by atoms with Gasteiger partial charge in [0.05, 0.1) is 83.6 Å². The molecular weight excluding hydrogens is 1250 g/mol. The summed E-state index contributed by atoms with van der Waals surface area (Å²) in [6.07, 6.45) is 9.10. The Kier molecular flexibility index (Phi) is 13.7. The van der Waals surface area contributed by atoms with Gasteiger partial charge in [0.1, 0.15) is 0 Å². The highest BCUT2D eigenvalue weighted by Gasteiger charge is 2.17. The summed E-state index contributed by atoms with van der Waals surface area (Å²) >= 11 is 0. The summed E-state index contributed by atoms with van der Waals surface area (Å²) in [6, 6.07) is 104. The number of hydrogen-bond donors (Lipinski definition) is 0. The van der Waals surface area contributed by atoms with Gasteiger partial charge < -0.3 is 0 Å². The van der Waals surface area contributed by atoms with Crippen molar-refractivity contribution in [3.8, 4) is 78.5 Å². The molecule has 0 atom stereocenters. The quantitative estimate of drug-likeness (QED) is 0.142. The third-order valence-electron chi connectivity index (χ3n) is 19.8. The molecule has 0 fully saturated rings. The van der Waals surface area contributed by atoms with E-state index in [1.807, 2.05) is 61.3 Å². The van der Waals surface area contributed by atoms with Gasteiger partial charge in [0.25, 0.3) is 0 Å². The Morgan fingerprint density at radius 1 is 0.157 bits per heavy atom. The summed E-state index contributed by atoms with van der Waals surface area (Å²) in [5.74, 6) is 0. The lowest BCUT2D eigenvalue weighted by atomic mass is 9.95. The third-order valence-corrected chi connectivity index (χ3v) is 19.8. The van der Waals surface area contributed by atoms with Crippen LogP contribution in [-0.4, -0.2) is 49.8 Å². The summed E-state index contributed by atoms with van der Waals surface area (Å²) in [6.45, 7) is 0. The minimum atomic E-state index is 0.889. The molecule has 21 rings (SSSR count). The van der Waals surface area contributed by atoms with Crippen LogP contribution in [0.1, 0.15) is 0 Å². The maximum atomic E-state index is 5.15. The molecule has 0 amide bonds. The Labute approximate surface area is 583 Å². The molecule has 0 unspecified atom stereocenters. The van der Waals surface area contributed by atoms with E-state index in [2.05, 4.69) is 292 Å². The van der Waals surface area contributed by atoms with Crippen molar-refractivity contribution in [2.75, 3.05) is 0 Å². The zero-order chi connectivity index (χ0) is 67.2. The van der Waals surface area contributed by atoms with Crippen molar-refractivity contribution in [1.29, 1.82) is 0 Å². The lowest BCUT2D eigenvalue weighted by Gasteiger charge is -2.12. The second-order valence-electron chi connectivity index (χ2n) is 25.9. The van der Waals surface area contributed by atoms with E-state index in [0.29, 0.717) is 0 Å². The maximum absolute atomic E-state index is 5.15. The topological polar surface area (TPSA) is 129 Å². The number of benzene rings is 11. The summed E-state index contributed by atoms with van der Waals surface area (Å²) < 4.78 is 0. The summed E-state index contributed by atoms with van der Waals surface area (Å²) in [4.78, 5) is 48.6. The largest absolute Gasteiger partial charge is 0.254 e. The van der Waals surface area contributed by atoms with Gasteiger partial charge in [-0.15, -0.1) is 0 Å². The van der Waals surface area contributed by atoms with E-state index < -0.39 is 0 Å². The van der Waals surface area contributed by atoms with Crippen molar-refractivity contribution < 1.29 is 0 Å². The third kappa shape index (κ3) is 10.2. The van der Waals surface area contributed by atoms with Crippen LogP contribution in [0.4, 0.5) is 0 Å². The highest BCUT2D eigenvalue weighted by Crippen LogP contribution is 2.40.